The van der Waals surface area contributed by atoms with Gasteiger partial charge in [0, 0.05) is 13.1 Å². The zero-order valence-corrected chi connectivity index (χ0v) is 18.0. The Balaban J connectivity index is 1.31. The minimum atomic E-state index is -0.160. The van der Waals surface area contributed by atoms with Gasteiger partial charge in [-0.15, -0.1) is 5.10 Å². The summed E-state index contributed by atoms with van der Waals surface area (Å²) in [7, 11) is 0. The number of carbonyl (C=O) groups excluding carboxylic acids is 1. The number of hydrogen-bond donors (Lipinski definition) is 1. The van der Waals surface area contributed by atoms with E-state index in [4.69, 9.17) is 0 Å². The lowest BCUT2D eigenvalue weighted by Crippen LogP contribution is -2.40. The Morgan fingerprint density at radius 2 is 1.68 bits per heavy atom. The van der Waals surface area contributed by atoms with Crippen molar-refractivity contribution in [1.29, 1.82) is 0 Å². The van der Waals surface area contributed by atoms with Gasteiger partial charge >= 0.3 is 0 Å². The van der Waals surface area contributed by atoms with E-state index in [2.05, 4.69) is 69.1 Å². The second kappa shape index (κ2) is 10.9. The highest BCUT2D eigenvalue weighted by Gasteiger charge is 2.23. The van der Waals surface area contributed by atoms with Crippen LogP contribution in [-0.4, -0.2) is 45.4 Å². The molecule has 1 aliphatic heterocycles. The van der Waals surface area contributed by atoms with Gasteiger partial charge in [-0.1, -0.05) is 72.3 Å². The number of piperidine rings is 1. The van der Waals surface area contributed by atoms with Crippen LogP contribution in [0.25, 0.3) is 0 Å². The van der Waals surface area contributed by atoms with Crippen LogP contribution >= 0.6 is 0 Å². The molecule has 2 heterocycles. The second-order valence-electron chi connectivity index (χ2n) is 8.19. The summed E-state index contributed by atoms with van der Waals surface area (Å²) in [4.78, 5) is 15.2. The molecule has 1 aliphatic rings. The van der Waals surface area contributed by atoms with Crippen molar-refractivity contribution in [1.82, 2.24) is 25.2 Å². The number of nitrogens with one attached hydrogen (secondary N) is 1. The molecule has 1 aromatic heterocycles. The van der Waals surface area contributed by atoms with Crippen molar-refractivity contribution in [3.63, 3.8) is 0 Å². The highest BCUT2D eigenvalue weighted by molar-refractivity contribution is 5.91. The molecule has 1 atom stereocenters. The van der Waals surface area contributed by atoms with Crippen molar-refractivity contribution in [3.8, 4) is 0 Å². The van der Waals surface area contributed by atoms with Gasteiger partial charge in [0.05, 0.1) is 12.2 Å². The lowest BCUT2D eigenvalue weighted by atomic mass is 10.0. The maximum absolute atomic E-state index is 12.7. The van der Waals surface area contributed by atoms with Crippen molar-refractivity contribution < 1.29 is 4.79 Å². The molecule has 1 saturated heterocycles. The van der Waals surface area contributed by atoms with E-state index in [1.165, 1.54) is 30.4 Å². The Kier molecular flexibility index (Phi) is 7.45. The molecule has 1 unspecified atom stereocenters. The third-order valence-corrected chi connectivity index (χ3v) is 5.94. The van der Waals surface area contributed by atoms with E-state index >= 15 is 0 Å². The lowest BCUT2D eigenvalue weighted by Gasteiger charge is -2.35. The van der Waals surface area contributed by atoms with Gasteiger partial charge < -0.3 is 5.32 Å². The molecule has 0 aliphatic carbocycles. The Morgan fingerprint density at radius 1 is 0.968 bits per heavy atom. The first-order valence-electron chi connectivity index (χ1n) is 11.3. The van der Waals surface area contributed by atoms with Crippen LogP contribution in [0, 0.1) is 0 Å². The van der Waals surface area contributed by atoms with Gasteiger partial charge in [0.15, 0.2) is 5.69 Å². The predicted molar refractivity (Wildman–Crippen MR) is 122 cm³/mol. The Hall–Kier alpha value is -2.99. The van der Waals surface area contributed by atoms with Crippen LogP contribution in [0.1, 0.15) is 53.3 Å². The van der Waals surface area contributed by atoms with Gasteiger partial charge in [0.1, 0.15) is 0 Å². The van der Waals surface area contributed by atoms with Gasteiger partial charge in [-0.2, -0.15) is 0 Å². The molecule has 4 rings (SSSR count). The van der Waals surface area contributed by atoms with Crippen LogP contribution in [0.15, 0.2) is 66.9 Å². The summed E-state index contributed by atoms with van der Waals surface area (Å²) in [6, 6.07) is 21.0. The molecule has 1 amide bonds. The molecule has 0 spiro atoms. The number of amides is 1. The molecule has 0 saturated carbocycles. The van der Waals surface area contributed by atoms with Gasteiger partial charge in [-0.25, -0.2) is 0 Å². The van der Waals surface area contributed by atoms with E-state index in [1.54, 1.807) is 10.9 Å². The van der Waals surface area contributed by atoms with E-state index in [9.17, 15) is 4.79 Å². The van der Waals surface area contributed by atoms with Crippen LogP contribution in [-0.2, 0) is 13.0 Å². The fraction of sp³-hybridized carbons (Fsp3) is 0.400. The monoisotopic (exact) mass is 417 g/mol. The van der Waals surface area contributed by atoms with Crippen molar-refractivity contribution in [3.05, 3.63) is 83.7 Å². The predicted octanol–water partition coefficient (Wildman–Crippen LogP) is 3.87. The molecule has 6 heteroatoms. The maximum Gasteiger partial charge on any atom is 0.273 e. The SMILES string of the molecule is O=C(NCC(c1ccccc1)N1CCCCC1)c1cn(CCCc2ccccc2)nn1. The first kappa shape index (κ1) is 21.2. The van der Waals surface area contributed by atoms with Gasteiger partial charge in [0.2, 0.25) is 0 Å². The van der Waals surface area contributed by atoms with Crippen LogP contribution < -0.4 is 5.32 Å². The van der Waals surface area contributed by atoms with E-state index in [0.29, 0.717) is 12.2 Å². The first-order chi connectivity index (χ1) is 15.3. The number of likely N-dealkylation sites (tertiary alicyclic amines) is 1. The van der Waals surface area contributed by atoms with Crippen molar-refractivity contribution in [2.75, 3.05) is 19.6 Å². The summed E-state index contributed by atoms with van der Waals surface area (Å²) in [5.74, 6) is -0.160. The fourth-order valence-electron chi connectivity index (χ4n) is 4.24. The largest absolute Gasteiger partial charge is 0.349 e. The molecular formula is C25H31N5O. The summed E-state index contributed by atoms with van der Waals surface area (Å²) < 4.78 is 1.76. The molecule has 0 radical (unpaired) electrons. The van der Waals surface area contributed by atoms with Crippen LogP contribution in [0.3, 0.4) is 0 Å². The van der Waals surface area contributed by atoms with Crippen molar-refractivity contribution >= 4 is 5.91 Å². The summed E-state index contributed by atoms with van der Waals surface area (Å²) >= 11 is 0. The summed E-state index contributed by atoms with van der Waals surface area (Å²) in [5, 5.41) is 11.3. The van der Waals surface area contributed by atoms with E-state index in [1.807, 2.05) is 12.1 Å². The average molecular weight is 418 g/mol. The minimum absolute atomic E-state index is 0.160. The van der Waals surface area contributed by atoms with Crippen LogP contribution in [0.2, 0.25) is 0 Å². The van der Waals surface area contributed by atoms with Gasteiger partial charge in [-0.05, 0) is 49.9 Å². The maximum atomic E-state index is 12.7. The molecule has 1 N–H and O–H groups in total. The van der Waals surface area contributed by atoms with Crippen molar-refractivity contribution in [2.24, 2.45) is 0 Å². The van der Waals surface area contributed by atoms with E-state index < -0.39 is 0 Å². The Bertz CT molecular complexity index is 935. The number of aryl methyl sites for hydroxylation is 2. The molecule has 0 bridgehead atoms. The zero-order valence-electron chi connectivity index (χ0n) is 18.0. The first-order valence-corrected chi connectivity index (χ1v) is 11.3. The Labute approximate surface area is 184 Å². The molecule has 2 aromatic carbocycles. The summed E-state index contributed by atoms with van der Waals surface area (Å²) in [6.07, 6.45) is 7.41. The van der Waals surface area contributed by atoms with Gasteiger partial charge in [-0.3, -0.25) is 14.4 Å². The van der Waals surface area contributed by atoms with Crippen molar-refractivity contribution in [2.45, 2.75) is 44.7 Å². The van der Waals surface area contributed by atoms with E-state index in [-0.39, 0.29) is 11.9 Å². The topological polar surface area (TPSA) is 63.1 Å². The molecule has 6 nitrogen and oxygen atoms in total. The number of carbonyl (C=O) groups is 1. The number of rotatable bonds is 9. The number of aromatic nitrogens is 3. The van der Waals surface area contributed by atoms with Crippen LogP contribution in [0.5, 0.6) is 0 Å². The molecular weight excluding hydrogens is 386 g/mol. The van der Waals surface area contributed by atoms with Crippen LogP contribution in [0.4, 0.5) is 0 Å². The fourth-order valence-corrected chi connectivity index (χ4v) is 4.24. The lowest BCUT2D eigenvalue weighted by molar-refractivity contribution is 0.0919. The molecule has 1 fully saturated rings. The normalized spacial score (nSPS) is 15.5. The molecule has 162 valence electrons. The zero-order chi connectivity index (χ0) is 21.3. The number of benzene rings is 2. The smallest absolute Gasteiger partial charge is 0.273 e. The summed E-state index contributed by atoms with van der Waals surface area (Å²) in [5.41, 5.74) is 2.93. The standard InChI is InChI=1S/C25H31N5O/c31-25(23-20-30(28-27-23)18-10-13-21-11-4-1-5-12-21)26-19-24(22-14-6-2-7-15-22)29-16-8-3-9-17-29/h1-2,4-7,11-12,14-15,20,24H,3,8-10,13,16-19H2,(H,26,31). The second-order valence-corrected chi connectivity index (χ2v) is 8.19. The quantitative estimate of drug-likeness (QED) is 0.574. The third-order valence-electron chi connectivity index (χ3n) is 5.94. The minimum Gasteiger partial charge on any atom is -0.349 e. The van der Waals surface area contributed by atoms with Gasteiger partial charge in [0.25, 0.3) is 5.91 Å². The summed E-state index contributed by atoms with van der Waals surface area (Å²) in [6.45, 7) is 3.47. The molecule has 3 aromatic rings. The number of hydrogen-bond acceptors (Lipinski definition) is 4. The highest BCUT2D eigenvalue weighted by atomic mass is 16.2. The highest BCUT2D eigenvalue weighted by Crippen LogP contribution is 2.24. The van der Waals surface area contributed by atoms with E-state index in [0.717, 1.165) is 32.5 Å². The Morgan fingerprint density at radius 3 is 2.42 bits per heavy atom. The third kappa shape index (κ3) is 6.01. The molecule has 31 heavy (non-hydrogen) atoms. The average Bonchev–Trinajstić information content (AvgIpc) is 3.30. The number of nitrogens with zero attached hydrogens (tertiary/aromatic N) is 4.